The Hall–Kier alpha value is -2.97. The van der Waals surface area contributed by atoms with Gasteiger partial charge in [0.05, 0.1) is 25.6 Å². The predicted octanol–water partition coefficient (Wildman–Crippen LogP) is 3.62. The van der Waals surface area contributed by atoms with Gasteiger partial charge in [-0.25, -0.2) is 4.98 Å². The molecule has 0 aliphatic heterocycles. The summed E-state index contributed by atoms with van der Waals surface area (Å²) in [5.74, 6) is 0.809. The van der Waals surface area contributed by atoms with E-state index >= 15 is 0 Å². The van der Waals surface area contributed by atoms with Crippen LogP contribution >= 0.6 is 11.3 Å². The van der Waals surface area contributed by atoms with Gasteiger partial charge < -0.3 is 14.8 Å². The largest absolute Gasteiger partial charge is 0.496 e. The second-order valence-corrected chi connectivity index (χ2v) is 7.51. The SMILES string of the molecule is CCc1cc(-n2ncc3c(sc4nccc(NCCOC)c43)c2=O)ccc1OC. The molecule has 150 valence electrons. The topological polar surface area (TPSA) is 78.3 Å². The number of aryl methyl sites for hydroxylation is 1. The molecule has 0 atom stereocenters. The molecular formula is C21H22N4O3S. The highest BCUT2D eigenvalue weighted by Gasteiger charge is 2.16. The molecule has 0 unspecified atom stereocenters. The molecule has 8 heteroatoms. The number of fused-ring (bicyclic) bond motifs is 3. The van der Waals surface area contributed by atoms with Crippen molar-refractivity contribution in [2.75, 3.05) is 32.7 Å². The van der Waals surface area contributed by atoms with Crippen LogP contribution in [0.5, 0.6) is 5.75 Å². The number of aromatic nitrogens is 3. The van der Waals surface area contributed by atoms with E-state index in [1.807, 2.05) is 24.3 Å². The highest BCUT2D eigenvalue weighted by Crippen LogP contribution is 2.35. The number of thiophene rings is 1. The Morgan fingerprint density at radius 3 is 2.86 bits per heavy atom. The van der Waals surface area contributed by atoms with Gasteiger partial charge >= 0.3 is 0 Å². The van der Waals surface area contributed by atoms with Gasteiger partial charge in [-0.1, -0.05) is 6.92 Å². The molecule has 29 heavy (non-hydrogen) atoms. The highest BCUT2D eigenvalue weighted by molar-refractivity contribution is 7.25. The number of anilines is 1. The number of hydrogen-bond acceptors (Lipinski definition) is 7. The van der Waals surface area contributed by atoms with Crippen LogP contribution in [0.3, 0.4) is 0 Å². The molecule has 0 fully saturated rings. The molecule has 0 aliphatic carbocycles. The second-order valence-electron chi connectivity index (χ2n) is 6.51. The Labute approximate surface area is 171 Å². The number of nitrogens with one attached hydrogen (secondary N) is 1. The van der Waals surface area contributed by atoms with Crippen molar-refractivity contribution in [3.05, 3.63) is 52.6 Å². The summed E-state index contributed by atoms with van der Waals surface area (Å²) in [5, 5.41) is 9.54. The van der Waals surface area contributed by atoms with Crippen molar-refractivity contribution in [3.8, 4) is 11.4 Å². The molecule has 1 N–H and O–H groups in total. The third kappa shape index (κ3) is 3.45. The third-order valence-corrected chi connectivity index (χ3v) is 5.93. The first-order valence-electron chi connectivity index (χ1n) is 9.37. The first-order chi connectivity index (χ1) is 14.2. The van der Waals surface area contributed by atoms with E-state index in [0.29, 0.717) is 17.9 Å². The molecule has 0 bridgehead atoms. The van der Waals surface area contributed by atoms with Gasteiger partial charge in [0.2, 0.25) is 0 Å². The van der Waals surface area contributed by atoms with E-state index in [-0.39, 0.29) is 5.56 Å². The van der Waals surface area contributed by atoms with Gasteiger partial charge in [-0.05, 0) is 36.2 Å². The van der Waals surface area contributed by atoms with Crippen molar-refractivity contribution in [1.82, 2.24) is 14.8 Å². The monoisotopic (exact) mass is 410 g/mol. The fourth-order valence-electron chi connectivity index (χ4n) is 3.38. The minimum atomic E-state index is -0.152. The average Bonchev–Trinajstić information content (AvgIpc) is 3.14. The fraction of sp³-hybridized carbons (Fsp3) is 0.286. The minimum absolute atomic E-state index is 0.152. The van der Waals surface area contributed by atoms with E-state index in [1.54, 1.807) is 26.6 Å². The molecule has 4 rings (SSSR count). The van der Waals surface area contributed by atoms with Crippen molar-refractivity contribution >= 4 is 37.3 Å². The third-order valence-electron chi connectivity index (χ3n) is 4.83. The molecule has 0 aliphatic rings. The zero-order valence-electron chi connectivity index (χ0n) is 16.6. The number of nitrogens with zero attached hydrogens (tertiary/aromatic N) is 3. The quantitative estimate of drug-likeness (QED) is 0.469. The summed E-state index contributed by atoms with van der Waals surface area (Å²) in [6, 6.07) is 7.58. The van der Waals surface area contributed by atoms with Crippen LogP contribution in [0.15, 0.2) is 41.5 Å². The first-order valence-corrected chi connectivity index (χ1v) is 10.2. The summed E-state index contributed by atoms with van der Waals surface area (Å²) in [4.78, 5) is 18.5. The molecule has 3 aromatic heterocycles. The molecule has 0 amide bonds. The number of rotatable bonds is 7. The Morgan fingerprint density at radius 1 is 1.24 bits per heavy atom. The van der Waals surface area contributed by atoms with Crippen LogP contribution in [-0.2, 0) is 11.2 Å². The first kappa shape index (κ1) is 19.4. The summed E-state index contributed by atoms with van der Waals surface area (Å²) >= 11 is 1.39. The average molecular weight is 410 g/mol. The van der Waals surface area contributed by atoms with Crippen molar-refractivity contribution in [2.45, 2.75) is 13.3 Å². The lowest BCUT2D eigenvalue weighted by Crippen LogP contribution is -2.20. The van der Waals surface area contributed by atoms with Gasteiger partial charge in [0.15, 0.2) is 0 Å². The van der Waals surface area contributed by atoms with Crippen molar-refractivity contribution < 1.29 is 9.47 Å². The Kier molecular flexibility index (Phi) is 5.46. The highest BCUT2D eigenvalue weighted by atomic mass is 32.1. The van der Waals surface area contributed by atoms with Crippen LogP contribution in [0.1, 0.15) is 12.5 Å². The number of hydrogen-bond donors (Lipinski definition) is 1. The molecular weight excluding hydrogens is 388 g/mol. The molecule has 0 saturated carbocycles. The van der Waals surface area contributed by atoms with Crippen molar-refractivity contribution in [3.63, 3.8) is 0 Å². The number of methoxy groups -OCH3 is 2. The zero-order valence-corrected chi connectivity index (χ0v) is 17.4. The molecule has 0 radical (unpaired) electrons. The summed E-state index contributed by atoms with van der Waals surface area (Å²) < 4.78 is 12.6. The second kappa shape index (κ2) is 8.18. The summed E-state index contributed by atoms with van der Waals surface area (Å²) in [7, 11) is 3.31. The normalized spacial score (nSPS) is 11.3. The lowest BCUT2D eigenvalue weighted by Gasteiger charge is -2.10. The number of pyridine rings is 1. The Morgan fingerprint density at radius 2 is 2.10 bits per heavy atom. The maximum absolute atomic E-state index is 13.2. The van der Waals surface area contributed by atoms with Gasteiger partial charge in [0.1, 0.15) is 15.3 Å². The Balaban J connectivity index is 1.86. The number of ether oxygens (including phenoxy) is 2. The summed E-state index contributed by atoms with van der Waals surface area (Å²) in [5.41, 5.74) is 2.52. The van der Waals surface area contributed by atoms with Crippen LogP contribution in [0, 0.1) is 0 Å². The lowest BCUT2D eigenvalue weighted by molar-refractivity contribution is 0.211. The van der Waals surface area contributed by atoms with Crippen LogP contribution in [0.4, 0.5) is 5.69 Å². The van der Waals surface area contributed by atoms with E-state index in [9.17, 15) is 4.79 Å². The van der Waals surface area contributed by atoms with Crippen LogP contribution < -0.4 is 15.6 Å². The maximum Gasteiger partial charge on any atom is 0.289 e. The minimum Gasteiger partial charge on any atom is -0.496 e. The molecule has 7 nitrogen and oxygen atoms in total. The van der Waals surface area contributed by atoms with E-state index in [1.165, 1.54) is 16.0 Å². The number of benzene rings is 1. The smallest absolute Gasteiger partial charge is 0.289 e. The fourth-order valence-corrected chi connectivity index (χ4v) is 4.45. The molecule has 0 saturated heterocycles. The maximum atomic E-state index is 13.2. The lowest BCUT2D eigenvalue weighted by atomic mass is 10.1. The molecule has 3 heterocycles. The van der Waals surface area contributed by atoms with Crippen LogP contribution in [0.25, 0.3) is 26.0 Å². The predicted molar refractivity (Wildman–Crippen MR) is 117 cm³/mol. The van der Waals surface area contributed by atoms with E-state index in [0.717, 1.165) is 44.7 Å². The van der Waals surface area contributed by atoms with Gasteiger partial charge in [0.25, 0.3) is 5.56 Å². The molecule has 0 spiro atoms. The standard InChI is InChI=1S/C21H22N4O3S/c1-4-13-11-14(5-6-17(13)28-3)25-21(26)19-15(12-24-25)18-16(22-9-10-27-2)7-8-23-20(18)29-19/h5-8,11-12H,4,9-10H2,1-3H3,(H,22,23). The van der Waals surface area contributed by atoms with E-state index in [4.69, 9.17) is 9.47 Å². The van der Waals surface area contributed by atoms with Gasteiger partial charge in [-0.15, -0.1) is 11.3 Å². The van der Waals surface area contributed by atoms with Crippen molar-refractivity contribution in [2.24, 2.45) is 0 Å². The van der Waals surface area contributed by atoms with Crippen molar-refractivity contribution in [1.29, 1.82) is 0 Å². The van der Waals surface area contributed by atoms with E-state index < -0.39 is 0 Å². The molecule has 1 aromatic carbocycles. The summed E-state index contributed by atoms with van der Waals surface area (Å²) in [6.45, 7) is 3.31. The van der Waals surface area contributed by atoms with Gasteiger partial charge in [0, 0.05) is 36.3 Å². The van der Waals surface area contributed by atoms with Gasteiger partial charge in [-0.3, -0.25) is 4.79 Å². The van der Waals surface area contributed by atoms with Crippen LogP contribution in [0.2, 0.25) is 0 Å². The Bertz CT molecular complexity index is 1230. The van der Waals surface area contributed by atoms with Gasteiger partial charge in [-0.2, -0.15) is 9.78 Å². The molecule has 4 aromatic rings. The zero-order chi connectivity index (χ0) is 20.4. The van der Waals surface area contributed by atoms with E-state index in [2.05, 4.69) is 22.3 Å². The summed E-state index contributed by atoms with van der Waals surface area (Å²) in [6.07, 6.45) is 4.29. The van der Waals surface area contributed by atoms with Crippen LogP contribution in [-0.4, -0.2) is 42.1 Å².